The van der Waals surface area contributed by atoms with Crippen molar-refractivity contribution in [1.82, 2.24) is 4.98 Å². The fraction of sp³-hybridized carbons (Fsp3) is 0.214. The summed E-state index contributed by atoms with van der Waals surface area (Å²) in [6, 6.07) is 5.41. The van der Waals surface area contributed by atoms with E-state index in [0.29, 0.717) is 5.15 Å². The Morgan fingerprint density at radius 3 is 2.47 bits per heavy atom. The van der Waals surface area contributed by atoms with Crippen molar-refractivity contribution in [3.05, 3.63) is 35.4 Å². The number of hydrogen-bond donors (Lipinski definition) is 0. The molecular formula is C14H13ClFGeNS. The van der Waals surface area contributed by atoms with Crippen molar-refractivity contribution in [2.45, 2.75) is 17.3 Å². The molecule has 98 valence electrons. The Labute approximate surface area is 122 Å². The zero-order chi connectivity index (χ0) is 13.8. The van der Waals surface area contributed by atoms with Crippen molar-refractivity contribution >= 4 is 60.8 Å². The number of nitrogens with zero attached hydrogens (tertiary/aromatic N) is 1. The van der Waals surface area contributed by atoms with Gasteiger partial charge in [0.2, 0.25) is 0 Å². The van der Waals surface area contributed by atoms with Gasteiger partial charge in [0.15, 0.2) is 0 Å². The monoisotopic (exact) mass is 355 g/mol. The van der Waals surface area contributed by atoms with Gasteiger partial charge < -0.3 is 0 Å². The van der Waals surface area contributed by atoms with Crippen LogP contribution in [0.1, 0.15) is 0 Å². The summed E-state index contributed by atoms with van der Waals surface area (Å²) in [4.78, 5) is 4.11. The first-order chi connectivity index (χ1) is 8.89. The van der Waals surface area contributed by atoms with E-state index in [0.717, 1.165) is 24.6 Å². The molecule has 0 saturated heterocycles. The van der Waals surface area contributed by atoms with Crippen LogP contribution in [0.15, 0.2) is 24.4 Å². The minimum absolute atomic E-state index is 0.0735. The molecule has 0 atom stereocenters. The number of pyridine rings is 1. The average Bonchev–Trinajstić information content (AvgIpc) is 2.67. The van der Waals surface area contributed by atoms with Crippen LogP contribution in [0.25, 0.3) is 20.2 Å². The zero-order valence-electron chi connectivity index (χ0n) is 10.9. The summed E-state index contributed by atoms with van der Waals surface area (Å²) in [7, 11) is 0. The topological polar surface area (TPSA) is 12.9 Å². The summed E-state index contributed by atoms with van der Waals surface area (Å²) in [5.41, 5.74) is 0. The van der Waals surface area contributed by atoms with Crippen molar-refractivity contribution in [3.8, 4) is 0 Å². The van der Waals surface area contributed by atoms with Gasteiger partial charge in [-0.1, -0.05) is 0 Å². The van der Waals surface area contributed by atoms with Gasteiger partial charge in [-0.15, -0.1) is 0 Å². The van der Waals surface area contributed by atoms with Crippen LogP contribution in [0, 0.1) is 5.82 Å². The number of aromatic nitrogens is 1. The molecule has 3 aromatic rings. The zero-order valence-corrected chi connectivity index (χ0v) is 14.6. The Balaban J connectivity index is 2.54. The quantitative estimate of drug-likeness (QED) is 0.452. The van der Waals surface area contributed by atoms with Gasteiger partial charge in [0.1, 0.15) is 0 Å². The van der Waals surface area contributed by atoms with E-state index >= 15 is 0 Å². The molecule has 0 N–H and O–H groups in total. The Kier molecular flexibility index (Phi) is 3.11. The van der Waals surface area contributed by atoms with Gasteiger partial charge >= 0.3 is 123 Å². The third-order valence-corrected chi connectivity index (χ3v) is 9.41. The maximum atomic E-state index is 14.2. The SMILES string of the molecule is [CH3][Ge]([CH3])([CH3])[c]1c(F)ccc2c1sc1c(Cl)nccc12. The molecule has 1 nitrogen and oxygen atoms in total. The van der Waals surface area contributed by atoms with Crippen LogP contribution in [-0.2, 0) is 0 Å². The van der Waals surface area contributed by atoms with E-state index in [4.69, 9.17) is 11.6 Å². The van der Waals surface area contributed by atoms with Crippen LogP contribution in [0.2, 0.25) is 22.4 Å². The van der Waals surface area contributed by atoms with Gasteiger partial charge in [-0.05, 0) is 0 Å². The van der Waals surface area contributed by atoms with Gasteiger partial charge in [0, 0.05) is 0 Å². The molecule has 0 saturated carbocycles. The van der Waals surface area contributed by atoms with E-state index in [2.05, 4.69) is 22.3 Å². The number of thiophene rings is 1. The van der Waals surface area contributed by atoms with Crippen molar-refractivity contribution in [1.29, 1.82) is 0 Å². The van der Waals surface area contributed by atoms with Crippen molar-refractivity contribution in [2.75, 3.05) is 0 Å². The second-order valence-corrected chi connectivity index (χ2v) is 17.5. The van der Waals surface area contributed by atoms with Crippen LogP contribution in [0.4, 0.5) is 4.39 Å². The Morgan fingerprint density at radius 1 is 1.11 bits per heavy atom. The fourth-order valence-electron chi connectivity index (χ4n) is 2.41. The third-order valence-electron chi connectivity index (χ3n) is 3.21. The molecule has 19 heavy (non-hydrogen) atoms. The van der Waals surface area contributed by atoms with E-state index in [-0.39, 0.29) is 5.82 Å². The first-order valence-electron chi connectivity index (χ1n) is 6.05. The molecule has 0 spiro atoms. The van der Waals surface area contributed by atoms with Gasteiger partial charge in [0.25, 0.3) is 0 Å². The minimum atomic E-state index is -2.28. The maximum absolute atomic E-state index is 14.2. The first-order valence-corrected chi connectivity index (χ1v) is 14.6. The number of fused-ring (bicyclic) bond motifs is 3. The van der Waals surface area contributed by atoms with Gasteiger partial charge in [-0.3, -0.25) is 0 Å². The van der Waals surface area contributed by atoms with Crippen LogP contribution in [0.5, 0.6) is 0 Å². The van der Waals surface area contributed by atoms with E-state index in [1.54, 1.807) is 23.6 Å². The van der Waals surface area contributed by atoms with Crippen LogP contribution in [-0.4, -0.2) is 18.3 Å². The molecule has 0 aliphatic heterocycles. The summed E-state index contributed by atoms with van der Waals surface area (Å²) in [5.74, 6) is 6.56. The van der Waals surface area contributed by atoms with Crippen LogP contribution >= 0.6 is 22.9 Å². The molecule has 0 amide bonds. The molecule has 0 bridgehead atoms. The summed E-state index contributed by atoms with van der Waals surface area (Å²) < 4.78 is 17.2. The number of halogens is 2. The van der Waals surface area contributed by atoms with Gasteiger partial charge in [-0.25, -0.2) is 0 Å². The number of benzene rings is 1. The molecular weight excluding hydrogens is 341 g/mol. The second kappa shape index (κ2) is 4.43. The Hall–Kier alpha value is -0.647. The van der Waals surface area contributed by atoms with Crippen molar-refractivity contribution in [3.63, 3.8) is 0 Å². The molecule has 2 aromatic heterocycles. The molecule has 0 unspecified atom stereocenters. The average molecular weight is 354 g/mol. The van der Waals surface area contributed by atoms with E-state index < -0.39 is 13.3 Å². The molecule has 0 fully saturated rings. The summed E-state index contributed by atoms with van der Waals surface area (Å²) >= 11 is 5.45. The molecule has 0 aliphatic carbocycles. The normalized spacial score (nSPS) is 12.5. The Bertz CT molecular complexity index is 791. The van der Waals surface area contributed by atoms with Crippen molar-refractivity contribution < 1.29 is 4.39 Å². The Morgan fingerprint density at radius 2 is 1.79 bits per heavy atom. The molecule has 0 radical (unpaired) electrons. The molecule has 1 aromatic carbocycles. The van der Waals surface area contributed by atoms with E-state index in [9.17, 15) is 4.39 Å². The second-order valence-electron chi connectivity index (χ2n) is 5.63. The molecule has 0 aliphatic rings. The molecule has 2 heterocycles. The fourth-order valence-corrected chi connectivity index (χ4v) is 9.10. The predicted molar refractivity (Wildman–Crippen MR) is 85.1 cm³/mol. The van der Waals surface area contributed by atoms with Crippen LogP contribution in [0.3, 0.4) is 0 Å². The third kappa shape index (κ3) is 2.08. The van der Waals surface area contributed by atoms with Crippen molar-refractivity contribution in [2.24, 2.45) is 0 Å². The van der Waals surface area contributed by atoms with E-state index in [1.165, 1.54) is 0 Å². The van der Waals surface area contributed by atoms with Gasteiger partial charge in [0.05, 0.1) is 0 Å². The molecule has 3 rings (SSSR count). The predicted octanol–water partition coefficient (Wildman–Crippen LogP) is 4.79. The van der Waals surface area contributed by atoms with Gasteiger partial charge in [-0.2, -0.15) is 0 Å². The summed E-state index contributed by atoms with van der Waals surface area (Å²) in [6.07, 6.45) is 1.71. The summed E-state index contributed by atoms with van der Waals surface area (Å²) in [5, 5.41) is 2.68. The number of rotatable bonds is 1. The van der Waals surface area contributed by atoms with E-state index in [1.807, 2.05) is 12.1 Å². The molecule has 5 heteroatoms. The summed E-state index contributed by atoms with van der Waals surface area (Å²) in [6.45, 7) is 0. The van der Waals surface area contributed by atoms with Crippen LogP contribution < -0.4 is 4.40 Å². The first kappa shape index (κ1) is 13.3. The number of hydrogen-bond acceptors (Lipinski definition) is 2. The standard InChI is InChI=1S/C14H13ClFGeNS/c1-17(2,3)11-10(16)5-4-8-9-6-7-18-14(15)13(9)19-12(8)11/h4-7H,1-3H3.